The molecule has 0 aromatic heterocycles. The molecule has 0 amide bonds. The van der Waals surface area contributed by atoms with Gasteiger partial charge in [-0.3, -0.25) is 0 Å². The van der Waals surface area contributed by atoms with Gasteiger partial charge < -0.3 is 9.47 Å². The van der Waals surface area contributed by atoms with Crippen molar-refractivity contribution < 1.29 is 14.3 Å². The molecule has 0 spiro atoms. The number of esters is 1. The van der Waals surface area contributed by atoms with Crippen LogP contribution in [0.4, 0.5) is 0 Å². The van der Waals surface area contributed by atoms with Crippen molar-refractivity contribution in [1.82, 2.24) is 0 Å². The van der Waals surface area contributed by atoms with Crippen molar-refractivity contribution in [2.45, 2.75) is 20.0 Å². The van der Waals surface area contributed by atoms with Gasteiger partial charge in [-0.15, -0.1) is 0 Å². The Bertz CT molecular complexity index is 198. The van der Waals surface area contributed by atoms with E-state index in [9.17, 15) is 4.79 Å². The Kier molecular flexibility index (Phi) is 2.87. The maximum Gasteiger partial charge on any atom is 0.333 e. The van der Waals surface area contributed by atoms with Crippen LogP contribution in [-0.2, 0) is 14.3 Å². The monoisotopic (exact) mass is 170 g/mol. The largest absolute Gasteiger partial charge is 0.460 e. The van der Waals surface area contributed by atoms with Gasteiger partial charge in [0.2, 0.25) is 0 Å². The molecule has 12 heavy (non-hydrogen) atoms. The van der Waals surface area contributed by atoms with Crippen LogP contribution in [0.5, 0.6) is 0 Å². The minimum Gasteiger partial charge on any atom is -0.460 e. The zero-order chi connectivity index (χ0) is 9.14. The second-order valence-electron chi connectivity index (χ2n) is 3.23. The lowest BCUT2D eigenvalue weighted by Crippen LogP contribution is -2.41. The van der Waals surface area contributed by atoms with Crippen molar-refractivity contribution in [2.75, 3.05) is 13.2 Å². The van der Waals surface area contributed by atoms with Crippen LogP contribution in [0, 0.1) is 5.92 Å². The van der Waals surface area contributed by atoms with Crippen molar-refractivity contribution in [3.05, 3.63) is 12.2 Å². The molecule has 3 heteroatoms. The predicted octanol–water partition coefficient (Wildman–Crippen LogP) is 1.14. The van der Waals surface area contributed by atoms with Crippen LogP contribution in [0.15, 0.2) is 12.2 Å². The highest BCUT2D eigenvalue weighted by molar-refractivity contribution is 5.86. The highest BCUT2D eigenvalue weighted by Gasteiger charge is 2.28. The number of carbonyl (C=O) groups excluding carboxylic acids is 1. The quantitative estimate of drug-likeness (QED) is 0.470. The van der Waals surface area contributed by atoms with Gasteiger partial charge in [0, 0.05) is 11.5 Å². The minimum absolute atomic E-state index is 0.0910. The number of carbonyl (C=O) groups is 1. The van der Waals surface area contributed by atoms with Gasteiger partial charge in [0.1, 0.15) is 6.61 Å². The first-order chi connectivity index (χ1) is 5.61. The second kappa shape index (κ2) is 3.72. The van der Waals surface area contributed by atoms with Crippen LogP contribution >= 0.6 is 0 Å². The van der Waals surface area contributed by atoms with Crippen molar-refractivity contribution >= 4 is 5.97 Å². The summed E-state index contributed by atoms with van der Waals surface area (Å²) in [6.07, 6.45) is 0.0910. The van der Waals surface area contributed by atoms with E-state index in [1.165, 1.54) is 0 Å². The third-order valence-corrected chi connectivity index (χ3v) is 1.94. The number of rotatable bonds is 3. The average Bonchev–Trinajstić information content (AvgIpc) is 2.01. The van der Waals surface area contributed by atoms with Gasteiger partial charge in [-0.1, -0.05) is 13.5 Å². The molecular formula is C9H14O3. The molecule has 1 aliphatic rings. The Balaban J connectivity index is 2.17. The summed E-state index contributed by atoms with van der Waals surface area (Å²) >= 11 is 0. The highest BCUT2D eigenvalue weighted by atomic mass is 16.6. The summed E-state index contributed by atoms with van der Waals surface area (Å²) < 4.78 is 10.1. The first-order valence-corrected chi connectivity index (χ1v) is 4.05. The van der Waals surface area contributed by atoms with Gasteiger partial charge in [0.25, 0.3) is 0 Å². The molecule has 0 aromatic carbocycles. The SMILES string of the molecule is C=C(C)C(=O)OCC1OCC1C. The van der Waals surface area contributed by atoms with Crippen molar-refractivity contribution in [3.8, 4) is 0 Å². The summed E-state index contributed by atoms with van der Waals surface area (Å²) in [6.45, 7) is 8.31. The molecule has 0 radical (unpaired) electrons. The second-order valence-corrected chi connectivity index (χ2v) is 3.23. The van der Waals surface area contributed by atoms with Gasteiger partial charge in [0.05, 0.1) is 12.7 Å². The molecule has 0 bridgehead atoms. The van der Waals surface area contributed by atoms with Crippen LogP contribution in [0.25, 0.3) is 0 Å². The van der Waals surface area contributed by atoms with Crippen molar-refractivity contribution in [1.29, 1.82) is 0 Å². The molecule has 1 rings (SSSR count). The van der Waals surface area contributed by atoms with Crippen molar-refractivity contribution in [2.24, 2.45) is 5.92 Å². The first-order valence-electron chi connectivity index (χ1n) is 4.05. The van der Waals surface area contributed by atoms with E-state index in [-0.39, 0.29) is 12.1 Å². The molecule has 2 unspecified atom stereocenters. The number of hydrogen-bond donors (Lipinski definition) is 0. The van der Waals surface area contributed by atoms with Crippen LogP contribution < -0.4 is 0 Å². The zero-order valence-corrected chi connectivity index (χ0v) is 7.50. The fourth-order valence-corrected chi connectivity index (χ4v) is 0.918. The fourth-order valence-electron chi connectivity index (χ4n) is 0.918. The van der Waals surface area contributed by atoms with Crippen LogP contribution in [0.1, 0.15) is 13.8 Å². The van der Waals surface area contributed by atoms with Gasteiger partial charge >= 0.3 is 5.97 Å². The smallest absolute Gasteiger partial charge is 0.333 e. The standard InChI is InChI=1S/C9H14O3/c1-6(2)9(10)12-5-8-7(3)4-11-8/h7-8H,1,4-5H2,2-3H3. The Labute approximate surface area is 72.4 Å². The molecule has 1 heterocycles. The Morgan fingerprint density at radius 2 is 2.42 bits per heavy atom. The normalized spacial score (nSPS) is 27.5. The van der Waals surface area contributed by atoms with E-state index in [1.54, 1.807) is 6.92 Å². The fraction of sp³-hybridized carbons (Fsp3) is 0.667. The zero-order valence-electron chi connectivity index (χ0n) is 7.50. The molecule has 0 N–H and O–H groups in total. The first kappa shape index (κ1) is 9.26. The van der Waals surface area contributed by atoms with E-state index in [1.807, 2.05) is 0 Å². The summed E-state index contributed by atoms with van der Waals surface area (Å²) in [5.74, 6) is 0.167. The van der Waals surface area contributed by atoms with Gasteiger partial charge in [-0.2, -0.15) is 0 Å². The Morgan fingerprint density at radius 1 is 1.75 bits per heavy atom. The molecule has 3 nitrogen and oxygen atoms in total. The molecular weight excluding hydrogens is 156 g/mol. The highest BCUT2D eigenvalue weighted by Crippen LogP contribution is 2.19. The van der Waals surface area contributed by atoms with E-state index in [4.69, 9.17) is 9.47 Å². The van der Waals surface area contributed by atoms with E-state index in [2.05, 4.69) is 13.5 Å². The van der Waals surface area contributed by atoms with E-state index < -0.39 is 0 Å². The minimum atomic E-state index is -0.335. The lowest BCUT2D eigenvalue weighted by molar-refractivity contribution is -0.161. The lowest BCUT2D eigenvalue weighted by Gasteiger charge is -2.33. The van der Waals surface area contributed by atoms with Gasteiger partial charge in [0.15, 0.2) is 0 Å². The molecule has 0 saturated carbocycles. The molecule has 1 fully saturated rings. The molecule has 68 valence electrons. The van der Waals surface area contributed by atoms with E-state index >= 15 is 0 Å². The number of ether oxygens (including phenoxy) is 2. The number of hydrogen-bond acceptors (Lipinski definition) is 3. The van der Waals surface area contributed by atoms with E-state index in [0.717, 1.165) is 6.61 Å². The molecule has 1 saturated heterocycles. The Hall–Kier alpha value is -0.830. The summed E-state index contributed by atoms with van der Waals surface area (Å²) in [5, 5.41) is 0. The summed E-state index contributed by atoms with van der Waals surface area (Å²) in [7, 11) is 0. The molecule has 1 aliphatic heterocycles. The van der Waals surface area contributed by atoms with Crippen LogP contribution in [-0.4, -0.2) is 25.3 Å². The summed E-state index contributed by atoms with van der Waals surface area (Å²) in [5.41, 5.74) is 0.432. The molecule has 0 aliphatic carbocycles. The average molecular weight is 170 g/mol. The third-order valence-electron chi connectivity index (χ3n) is 1.94. The Morgan fingerprint density at radius 3 is 2.75 bits per heavy atom. The lowest BCUT2D eigenvalue weighted by atomic mass is 10.0. The molecule has 0 aromatic rings. The van der Waals surface area contributed by atoms with Crippen LogP contribution in [0.3, 0.4) is 0 Å². The van der Waals surface area contributed by atoms with Crippen LogP contribution in [0.2, 0.25) is 0 Å². The van der Waals surface area contributed by atoms with Crippen molar-refractivity contribution in [3.63, 3.8) is 0 Å². The molecule has 2 atom stereocenters. The predicted molar refractivity (Wildman–Crippen MR) is 44.7 cm³/mol. The topological polar surface area (TPSA) is 35.5 Å². The maximum absolute atomic E-state index is 10.9. The van der Waals surface area contributed by atoms with Gasteiger partial charge in [-0.25, -0.2) is 4.79 Å². The third kappa shape index (κ3) is 2.08. The van der Waals surface area contributed by atoms with E-state index in [0.29, 0.717) is 18.1 Å². The maximum atomic E-state index is 10.9. The van der Waals surface area contributed by atoms with Gasteiger partial charge in [-0.05, 0) is 6.92 Å². The summed E-state index contributed by atoms with van der Waals surface area (Å²) in [6, 6.07) is 0. The summed E-state index contributed by atoms with van der Waals surface area (Å²) in [4.78, 5) is 10.9.